The Bertz CT molecular complexity index is 826. The van der Waals surface area contributed by atoms with E-state index in [0.717, 1.165) is 18.2 Å². The molecule has 1 aliphatic heterocycles. The van der Waals surface area contributed by atoms with Crippen molar-refractivity contribution in [3.05, 3.63) is 41.7 Å². The maximum Gasteiger partial charge on any atom is 0.321 e. The lowest BCUT2D eigenvalue weighted by molar-refractivity contribution is -0.121. The molecule has 148 valence electrons. The first-order valence-electron chi connectivity index (χ1n) is 8.10. The van der Waals surface area contributed by atoms with E-state index >= 15 is 0 Å². The number of benzene rings is 1. The first-order chi connectivity index (χ1) is 12.7. The normalized spacial score (nSPS) is 15.9. The number of amides is 3. The number of halogens is 2. The maximum atomic E-state index is 13.2. The van der Waals surface area contributed by atoms with Gasteiger partial charge in [0.2, 0.25) is 15.9 Å². The molecule has 2 N–H and O–H groups in total. The minimum absolute atomic E-state index is 0.0300. The van der Waals surface area contributed by atoms with Gasteiger partial charge in [-0.15, -0.1) is 6.58 Å². The van der Waals surface area contributed by atoms with E-state index in [1.165, 1.54) is 10.4 Å². The van der Waals surface area contributed by atoms with Crippen molar-refractivity contribution in [1.29, 1.82) is 0 Å². The lowest BCUT2D eigenvalue weighted by Gasteiger charge is -2.33. The van der Waals surface area contributed by atoms with Crippen LogP contribution in [0.3, 0.4) is 0 Å². The molecule has 0 spiro atoms. The van der Waals surface area contributed by atoms with Crippen molar-refractivity contribution in [3.8, 4) is 0 Å². The van der Waals surface area contributed by atoms with Crippen LogP contribution in [0, 0.1) is 5.82 Å². The van der Waals surface area contributed by atoms with Gasteiger partial charge in [-0.05, 0) is 18.2 Å². The van der Waals surface area contributed by atoms with E-state index in [1.807, 2.05) is 0 Å². The smallest absolute Gasteiger partial charge is 0.321 e. The Morgan fingerprint density at radius 1 is 1.26 bits per heavy atom. The van der Waals surface area contributed by atoms with Crippen molar-refractivity contribution >= 4 is 33.6 Å². The average molecular weight is 419 g/mol. The summed E-state index contributed by atoms with van der Waals surface area (Å²) < 4.78 is 39.7. The van der Waals surface area contributed by atoms with E-state index in [4.69, 9.17) is 11.6 Å². The van der Waals surface area contributed by atoms with Crippen LogP contribution in [0.2, 0.25) is 5.02 Å². The Balaban J connectivity index is 1.89. The van der Waals surface area contributed by atoms with Crippen LogP contribution < -0.4 is 10.6 Å². The van der Waals surface area contributed by atoms with Crippen molar-refractivity contribution in [3.63, 3.8) is 0 Å². The van der Waals surface area contributed by atoms with E-state index in [9.17, 15) is 22.4 Å². The van der Waals surface area contributed by atoms with Gasteiger partial charge in [0.15, 0.2) is 0 Å². The SMILES string of the molecule is C=CCNC(=O)NC(=O)CN1CCN(S(=O)(=O)c2ccc(F)c(Cl)c2)CC1. The molecular weight excluding hydrogens is 399 g/mol. The zero-order valence-corrected chi connectivity index (χ0v) is 16.0. The van der Waals surface area contributed by atoms with Gasteiger partial charge in [0.1, 0.15) is 5.82 Å². The second-order valence-electron chi connectivity index (χ2n) is 5.80. The Morgan fingerprint density at radius 3 is 2.52 bits per heavy atom. The molecule has 0 aromatic heterocycles. The molecular formula is C16H20ClFN4O4S. The molecule has 2 rings (SSSR count). The fourth-order valence-electron chi connectivity index (χ4n) is 2.49. The molecule has 1 aromatic rings. The van der Waals surface area contributed by atoms with Crippen LogP contribution in [0.1, 0.15) is 0 Å². The number of carbonyl (C=O) groups is 2. The highest BCUT2D eigenvalue weighted by molar-refractivity contribution is 7.89. The van der Waals surface area contributed by atoms with Gasteiger partial charge in [0, 0.05) is 32.7 Å². The van der Waals surface area contributed by atoms with Gasteiger partial charge in [0.05, 0.1) is 16.5 Å². The van der Waals surface area contributed by atoms with Crippen LogP contribution in [-0.2, 0) is 14.8 Å². The lowest BCUT2D eigenvalue weighted by atomic mass is 10.3. The highest BCUT2D eigenvalue weighted by Gasteiger charge is 2.29. The van der Waals surface area contributed by atoms with Crippen molar-refractivity contribution in [2.45, 2.75) is 4.90 Å². The molecule has 1 aromatic carbocycles. The number of nitrogens with zero attached hydrogens (tertiary/aromatic N) is 2. The zero-order valence-electron chi connectivity index (χ0n) is 14.5. The number of urea groups is 1. The zero-order chi connectivity index (χ0) is 20.0. The number of sulfonamides is 1. The molecule has 1 saturated heterocycles. The quantitative estimate of drug-likeness (QED) is 0.666. The second kappa shape index (κ2) is 9.27. The van der Waals surface area contributed by atoms with Crippen molar-refractivity contribution in [1.82, 2.24) is 19.8 Å². The Hall–Kier alpha value is -2.01. The fourth-order valence-corrected chi connectivity index (χ4v) is 4.19. The summed E-state index contributed by atoms with van der Waals surface area (Å²) >= 11 is 5.66. The number of rotatable bonds is 6. The third-order valence-electron chi connectivity index (χ3n) is 3.89. The number of imide groups is 1. The molecule has 0 aliphatic carbocycles. The Kier molecular flexibility index (Phi) is 7.31. The van der Waals surface area contributed by atoms with E-state index < -0.39 is 27.8 Å². The minimum Gasteiger partial charge on any atom is -0.334 e. The predicted octanol–water partition coefficient (Wildman–Crippen LogP) is 0.797. The van der Waals surface area contributed by atoms with Gasteiger partial charge >= 0.3 is 6.03 Å². The fraction of sp³-hybridized carbons (Fsp3) is 0.375. The minimum atomic E-state index is -3.80. The molecule has 0 radical (unpaired) electrons. The predicted molar refractivity (Wildman–Crippen MR) is 98.3 cm³/mol. The third kappa shape index (κ3) is 5.73. The van der Waals surface area contributed by atoms with Crippen molar-refractivity contribution in [2.24, 2.45) is 0 Å². The summed E-state index contributed by atoms with van der Waals surface area (Å²) in [5.41, 5.74) is 0. The largest absolute Gasteiger partial charge is 0.334 e. The first kappa shape index (κ1) is 21.3. The van der Waals surface area contributed by atoms with Crippen LogP contribution in [0.5, 0.6) is 0 Å². The second-order valence-corrected chi connectivity index (χ2v) is 8.15. The van der Waals surface area contributed by atoms with E-state index in [0.29, 0.717) is 13.1 Å². The molecule has 0 saturated carbocycles. The van der Waals surface area contributed by atoms with Gasteiger partial charge in [-0.2, -0.15) is 4.31 Å². The maximum absolute atomic E-state index is 13.2. The third-order valence-corrected chi connectivity index (χ3v) is 6.07. The highest BCUT2D eigenvalue weighted by Crippen LogP contribution is 2.23. The number of piperazine rings is 1. The molecule has 0 bridgehead atoms. The number of hydrogen-bond acceptors (Lipinski definition) is 5. The molecule has 1 aliphatic rings. The van der Waals surface area contributed by atoms with Gasteiger partial charge in [-0.1, -0.05) is 17.7 Å². The van der Waals surface area contributed by atoms with Crippen LogP contribution in [0.15, 0.2) is 35.7 Å². The van der Waals surface area contributed by atoms with Crippen LogP contribution in [0.4, 0.5) is 9.18 Å². The van der Waals surface area contributed by atoms with E-state index in [1.54, 1.807) is 4.90 Å². The summed E-state index contributed by atoms with van der Waals surface area (Å²) in [4.78, 5) is 24.9. The molecule has 1 heterocycles. The van der Waals surface area contributed by atoms with E-state index in [2.05, 4.69) is 17.2 Å². The summed E-state index contributed by atoms with van der Waals surface area (Å²) in [6, 6.07) is 2.63. The topological polar surface area (TPSA) is 98.8 Å². The molecule has 0 atom stereocenters. The number of carbonyl (C=O) groups excluding carboxylic acids is 2. The highest BCUT2D eigenvalue weighted by atomic mass is 35.5. The average Bonchev–Trinajstić information content (AvgIpc) is 2.62. The van der Waals surface area contributed by atoms with E-state index in [-0.39, 0.29) is 36.1 Å². The summed E-state index contributed by atoms with van der Waals surface area (Å²) in [6.45, 7) is 4.61. The number of hydrogen-bond donors (Lipinski definition) is 2. The van der Waals surface area contributed by atoms with Crippen molar-refractivity contribution in [2.75, 3.05) is 39.3 Å². The Morgan fingerprint density at radius 2 is 1.93 bits per heavy atom. The van der Waals surface area contributed by atoms with Crippen LogP contribution in [-0.4, -0.2) is 68.8 Å². The summed E-state index contributed by atoms with van der Waals surface area (Å²) in [7, 11) is -3.80. The molecule has 8 nitrogen and oxygen atoms in total. The number of nitrogens with one attached hydrogen (secondary N) is 2. The lowest BCUT2D eigenvalue weighted by Crippen LogP contribution is -2.52. The van der Waals surface area contributed by atoms with Gasteiger partial charge in [-0.25, -0.2) is 17.6 Å². The summed E-state index contributed by atoms with van der Waals surface area (Å²) in [5, 5.41) is 4.34. The molecule has 0 unspecified atom stereocenters. The molecule has 11 heteroatoms. The molecule has 1 fully saturated rings. The van der Waals surface area contributed by atoms with Crippen LogP contribution >= 0.6 is 11.6 Å². The standard InChI is InChI=1S/C16H20ClFN4O4S/c1-2-5-19-16(24)20-15(23)11-21-6-8-22(9-7-21)27(25,26)12-3-4-14(18)13(17)10-12/h2-4,10H,1,5-9,11H2,(H2,19,20,23,24). The first-order valence-corrected chi connectivity index (χ1v) is 9.92. The van der Waals surface area contributed by atoms with Gasteiger partial charge < -0.3 is 5.32 Å². The van der Waals surface area contributed by atoms with Gasteiger partial charge in [0.25, 0.3) is 0 Å². The van der Waals surface area contributed by atoms with Crippen LogP contribution in [0.25, 0.3) is 0 Å². The molecule has 3 amide bonds. The van der Waals surface area contributed by atoms with Crippen molar-refractivity contribution < 1.29 is 22.4 Å². The van der Waals surface area contributed by atoms with Gasteiger partial charge in [-0.3, -0.25) is 15.0 Å². The summed E-state index contributed by atoms with van der Waals surface area (Å²) in [6.07, 6.45) is 1.48. The Labute approximate surface area is 162 Å². The monoisotopic (exact) mass is 418 g/mol. The summed E-state index contributed by atoms with van der Waals surface area (Å²) in [5.74, 6) is -1.18. The molecule has 27 heavy (non-hydrogen) atoms.